The van der Waals surface area contributed by atoms with Gasteiger partial charge in [-0.2, -0.15) is 0 Å². The molecular weight excluding hydrogens is 688 g/mol. The maximum absolute atomic E-state index is 14.0. The maximum atomic E-state index is 14.0. The highest BCUT2D eigenvalue weighted by molar-refractivity contribution is 7.27. The van der Waals surface area contributed by atoms with E-state index in [4.69, 9.17) is 0 Å². The van der Waals surface area contributed by atoms with Crippen molar-refractivity contribution in [1.82, 2.24) is 4.57 Å². The summed E-state index contributed by atoms with van der Waals surface area (Å²) in [5.41, 5.74) is 8.83. The van der Waals surface area contributed by atoms with E-state index in [-0.39, 0.29) is 5.82 Å². The van der Waals surface area contributed by atoms with Gasteiger partial charge in [0.1, 0.15) is 5.82 Å². The zero-order valence-corrected chi connectivity index (χ0v) is 30.0. The summed E-state index contributed by atoms with van der Waals surface area (Å²) in [5, 5.41) is 7.48. The molecule has 250 valence electrons. The summed E-state index contributed by atoms with van der Waals surface area (Å²) in [4.78, 5) is 2.45. The van der Waals surface area contributed by atoms with Gasteiger partial charge in [-0.15, -0.1) is 22.7 Å². The molecule has 0 bridgehead atoms. The SMILES string of the molecule is Fc1ccc(-n2c3ccccc3c3ccc(-c4ccc(N(c5cccc6c5sc5ccccc56)c5cccc6c5sc5ccccc56)cc4)cc32)cc1. The fraction of sp³-hybridized carbons (Fsp3) is 0. The standard InChI is InChI=1S/C48H29FN2S2/c49-32-22-26-34(27-23-32)50-41-14-4-1-9-35(41)36-28-21-31(29-44(36)50)30-19-24-33(25-20-30)51(42-15-7-12-39-37-10-2-5-17-45(37)52-47(39)42)43-16-8-13-40-38-11-3-6-18-46(38)53-48(40)43/h1-29H. The number of fused-ring (bicyclic) bond motifs is 9. The van der Waals surface area contributed by atoms with Gasteiger partial charge in [0.05, 0.1) is 31.8 Å². The number of para-hydroxylation sites is 1. The van der Waals surface area contributed by atoms with E-state index in [1.54, 1.807) is 0 Å². The fourth-order valence-corrected chi connectivity index (χ4v) is 10.5. The van der Waals surface area contributed by atoms with Crippen molar-refractivity contribution in [3.8, 4) is 16.8 Å². The van der Waals surface area contributed by atoms with Gasteiger partial charge in [-0.25, -0.2) is 4.39 Å². The minimum atomic E-state index is -0.239. The molecule has 0 aliphatic heterocycles. The van der Waals surface area contributed by atoms with Crippen molar-refractivity contribution >= 4 is 102 Å². The number of hydrogen-bond acceptors (Lipinski definition) is 3. The number of nitrogens with zero attached hydrogens (tertiary/aromatic N) is 2. The molecule has 0 saturated heterocycles. The second-order valence-electron chi connectivity index (χ2n) is 13.4. The number of hydrogen-bond donors (Lipinski definition) is 0. The quantitative estimate of drug-likeness (QED) is 0.172. The third-order valence-corrected chi connectivity index (χ3v) is 12.9. The van der Waals surface area contributed by atoms with Gasteiger partial charge in [-0.05, 0) is 83.9 Å². The van der Waals surface area contributed by atoms with Gasteiger partial charge in [0.15, 0.2) is 0 Å². The molecule has 3 heterocycles. The van der Waals surface area contributed by atoms with E-state index < -0.39 is 0 Å². The number of benzene rings is 8. The third-order valence-electron chi connectivity index (χ3n) is 10.5. The molecule has 0 spiro atoms. The van der Waals surface area contributed by atoms with Gasteiger partial charge in [-0.3, -0.25) is 0 Å². The van der Waals surface area contributed by atoms with Crippen molar-refractivity contribution in [3.05, 3.63) is 182 Å². The molecule has 0 unspecified atom stereocenters. The molecule has 0 amide bonds. The molecule has 0 aliphatic carbocycles. The van der Waals surface area contributed by atoms with E-state index >= 15 is 0 Å². The molecule has 3 aromatic heterocycles. The summed E-state index contributed by atoms with van der Waals surface area (Å²) in [6.07, 6.45) is 0. The minimum Gasteiger partial charge on any atom is -0.309 e. The first-order valence-corrected chi connectivity index (χ1v) is 19.3. The van der Waals surface area contributed by atoms with Crippen LogP contribution in [-0.4, -0.2) is 4.57 Å². The van der Waals surface area contributed by atoms with Crippen LogP contribution in [0.1, 0.15) is 0 Å². The predicted molar refractivity (Wildman–Crippen MR) is 227 cm³/mol. The molecule has 0 saturated carbocycles. The highest BCUT2D eigenvalue weighted by Gasteiger charge is 2.22. The summed E-state index contributed by atoms with van der Waals surface area (Å²) >= 11 is 3.72. The Morgan fingerprint density at radius 2 is 0.943 bits per heavy atom. The summed E-state index contributed by atoms with van der Waals surface area (Å²) in [7, 11) is 0. The van der Waals surface area contributed by atoms with Crippen LogP contribution in [-0.2, 0) is 0 Å². The topological polar surface area (TPSA) is 8.17 Å². The lowest BCUT2D eigenvalue weighted by Crippen LogP contribution is -2.10. The van der Waals surface area contributed by atoms with Crippen LogP contribution in [0.5, 0.6) is 0 Å². The zero-order valence-electron chi connectivity index (χ0n) is 28.3. The molecule has 53 heavy (non-hydrogen) atoms. The summed E-state index contributed by atoms with van der Waals surface area (Å²) < 4.78 is 21.4. The maximum Gasteiger partial charge on any atom is 0.123 e. The smallest absolute Gasteiger partial charge is 0.123 e. The summed E-state index contributed by atoms with van der Waals surface area (Å²) in [6, 6.07) is 61.7. The van der Waals surface area contributed by atoms with Crippen LogP contribution in [0.2, 0.25) is 0 Å². The van der Waals surface area contributed by atoms with Crippen LogP contribution in [0.3, 0.4) is 0 Å². The van der Waals surface area contributed by atoms with Crippen molar-refractivity contribution in [2.45, 2.75) is 0 Å². The Labute approximate surface area is 312 Å². The van der Waals surface area contributed by atoms with Crippen LogP contribution in [0, 0.1) is 5.82 Å². The average molecular weight is 717 g/mol. The van der Waals surface area contributed by atoms with Crippen LogP contribution in [0.15, 0.2) is 176 Å². The second kappa shape index (κ2) is 11.9. The number of aromatic nitrogens is 1. The molecule has 11 rings (SSSR count). The molecule has 5 heteroatoms. The Hall–Kier alpha value is -6.27. The lowest BCUT2D eigenvalue weighted by Gasteiger charge is -2.27. The number of thiophene rings is 2. The summed E-state index contributed by atoms with van der Waals surface area (Å²) in [6.45, 7) is 0. The van der Waals surface area contributed by atoms with E-state index in [0.29, 0.717) is 0 Å². The van der Waals surface area contributed by atoms with Gasteiger partial charge in [0.2, 0.25) is 0 Å². The highest BCUT2D eigenvalue weighted by atomic mass is 32.1. The fourth-order valence-electron chi connectivity index (χ4n) is 8.05. The van der Waals surface area contributed by atoms with Crippen molar-refractivity contribution < 1.29 is 4.39 Å². The van der Waals surface area contributed by atoms with Gasteiger partial charge in [-0.1, -0.05) is 103 Å². The normalized spacial score (nSPS) is 11.9. The van der Waals surface area contributed by atoms with Gasteiger partial charge in [0.25, 0.3) is 0 Å². The largest absolute Gasteiger partial charge is 0.309 e. The molecule has 0 radical (unpaired) electrons. The lowest BCUT2D eigenvalue weighted by atomic mass is 10.0. The Kier molecular flexibility index (Phi) is 6.81. The molecule has 11 aromatic rings. The van der Waals surface area contributed by atoms with E-state index in [9.17, 15) is 4.39 Å². The van der Waals surface area contributed by atoms with Crippen molar-refractivity contribution in [3.63, 3.8) is 0 Å². The van der Waals surface area contributed by atoms with Crippen molar-refractivity contribution in [2.24, 2.45) is 0 Å². The highest BCUT2D eigenvalue weighted by Crippen LogP contribution is 2.49. The molecule has 0 atom stereocenters. The molecular formula is C48H29FN2S2. The van der Waals surface area contributed by atoms with Crippen LogP contribution < -0.4 is 4.90 Å². The monoisotopic (exact) mass is 716 g/mol. The van der Waals surface area contributed by atoms with Crippen LogP contribution in [0.4, 0.5) is 21.5 Å². The number of halogens is 1. The first-order chi connectivity index (χ1) is 26.2. The van der Waals surface area contributed by atoms with Crippen molar-refractivity contribution in [1.29, 1.82) is 0 Å². The molecule has 2 nitrogen and oxygen atoms in total. The minimum absolute atomic E-state index is 0.239. The second-order valence-corrected chi connectivity index (χ2v) is 15.6. The van der Waals surface area contributed by atoms with Gasteiger partial charge < -0.3 is 9.47 Å². The predicted octanol–water partition coefficient (Wildman–Crippen LogP) is 14.8. The van der Waals surface area contributed by atoms with Gasteiger partial charge in [0, 0.05) is 53.1 Å². The Morgan fingerprint density at radius 1 is 0.415 bits per heavy atom. The van der Waals surface area contributed by atoms with Crippen molar-refractivity contribution in [2.75, 3.05) is 4.90 Å². The molecule has 0 aliphatic rings. The van der Waals surface area contributed by atoms with E-state index in [2.05, 4.69) is 161 Å². The number of anilines is 3. The van der Waals surface area contributed by atoms with Crippen LogP contribution >= 0.6 is 22.7 Å². The Bertz CT molecular complexity index is 3070. The van der Waals surface area contributed by atoms with Crippen LogP contribution in [0.25, 0.3) is 79.0 Å². The lowest BCUT2D eigenvalue weighted by molar-refractivity contribution is 0.627. The van der Waals surface area contributed by atoms with Gasteiger partial charge >= 0.3 is 0 Å². The Morgan fingerprint density at radius 3 is 1.58 bits per heavy atom. The number of rotatable bonds is 5. The van der Waals surface area contributed by atoms with E-state index in [1.165, 1.54) is 74.6 Å². The average Bonchev–Trinajstić information content (AvgIpc) is 3.89. The first-order valence-electron chi connectivity index (χ1n) is 17.7. The van der Waals surface area contributed by atoms with E-state index in [1.807, 2.05) is 34.8 Å². The Balaban J connectivity index is 1.10. The zero-order chi connectivity index (χ0) is 35.0. The molecule has 0 N–H and O–H groups in total. The molecule has 0 fully saturated rings. The first kappa shape index (κ1) is 30.4. The van der Waals surface area contributed by atoms with E-state index in [0.717, 1.165) is 33.5 Å². The summed E-state index contributed by atoms with van der Waals surface area (Å²) in [5.74, 6) is -0.239. The molecule has 8 aromatic carbocycles. The third kappa shape index (κ3) is 4.75.